The molecule has 156 valence electrons. The second-order valence-corrected chi connectivity index (χ2v) is 8.56. The molecule has 0 atom stereocenters. The van der Waals surface area contributed by atoms with Crippen molar-refractivity contribution in [2.45, 2.75) is 40.7 Å². The van der Waals surface area contributed by atoms with Crippen molar-refractivity contribution >= 4 is 36.9 Å². The number of nitrogens with two attached hydrogens (primary N) is 1. The molecule has 0 aromatic carbocycles. The SMILES string of the molecule is C/C(=C(\CCOP(=O)(O)O)SC(=O)C(C)C)N(C=O)Cc1cnc(C)nc1N. The molecule has 1 rings (SSSR count). The summed E-state index contributed by atoms with van der Waals surface area (Å²) in [6, 6.07) is 0. The van der Waals surface area contributed by atoms with E-state index in [9.17, 15) is 14.2 Å². The lowest BCUT2D eigenvalue weighted by Crippen LogP contribution is -2.22. The summed E-state index contributed by atoms with van der Waals surface area (Å²) in [6.07, 6.45) is 2.15. The van der Waals surface area contributed by atoms with Gasteiger partial charge in [-0.3, -0.25) is 14.1 Å². The maximum Gasteiger partial charge on any atom is 0.469 e. The molecule has 1 aromatic rings. The van der Waals surface area contributed by atoms with Gasteiger partial charge < -0.3 is 20.4 Å². The van der Waals surface area contributed by atoms with E-state index in [2.05, 4.69) is 14.5 Å². The summed E-state index contributed by atoms with van der Waals surface area (Å²) in [6.45, 7) is 6.56. The molecule has 12 heteroatoms. The molecule has 10 nitrogen and oxygen atoms in total. The minimum Gasteiger partial charge on any atom is -0.383 e. The van der Waals surface area contributed by atoms with Crippen LogP contribution < -0.4 is 5.73 Å². The predicted molar refractivity (Wildman–Crippen MR) is 106 cm³/mol. The van der Waals surface area contributed by atoms with Gasteiger partial charge in [0.25, 0.3) is 0 Å². The van der Waals surface area contributed by atoms with Gasteiger partial charge in [0, 0.05) is 34.7 Å². The van der Waals surface area contributed by atoms with Gasteiger partial charge in [-0.25, -0.2) is 14.5 Å². The van der Waals surface area contributed by atoms with Gasteiger partial charge in [0.1, 0.15) is 11.6 Å². The van der Waals surface area contributed by atoms with E-state index in [-0.39, 0.29) is 36.4 Å². The number of aromatic nitrogens is 2. The third kappa shape index (κ3) is 8.07. The summed E-state index contributed by atoms with van der Waals surface area (Å²) in [5.74, 6) is 0.477. The third-order valence-corrected chi connectivity index (χ3v) is 5.54. The summed E-state index contributed by atoms with van der Waals surface area (Å²) in [5, 5.41) is -0.144. The van der Waals surface area contributed by atoms with Crippen molar-refractivity contribution in [3.05, 3.63) is 28.2 Å². The first-order chi connectivity index (χ1) is 12.9. The number of carbonyl (C=O) groups excluding carboxylic acids is 2. The molecule has 4 N–H and O–H groups in total. The first kappa shape index (κ1) is 24.3. The van der Waals surface area contributed by atoms with Crippen LogP contribution in [0.15, 0.2) is 16.8 Å². The summed E-state index contributed by atoms with van der Waals surface area (Å²) < 4.78 is 15.4. The molecule has 0 radical (unpaired) electrons. The molecule has 0 aliphatic rings. The lowest BCUT2D eigenvalue weighted by molar-refractivity contribution is -0.117. The fourth-order valence-electron chi connectivity index (χ4n) is 2.02. The van der Waals surface area contributed by atoms with Gasteiger partial charge in [0.2, 0.25) is 6.41 Å². The van der Waals surface area contributed by atoms with Crippen molar-refractivity contribution in [2.24, 2.45) is 5.92 Å². The largest absolute Gasteiger partial charge is 0.469 e. The number of hydrogen-bond acceptors (Lipinski definition) is 8. The van der Waals surface area contributed by atoms with Gasteiger partial charge in [-0.15, -0.1) is 0 Å². The van der Waals surface area contributed by atoms with E-state index in [1.165, 1.54) is 11.1 Å². The van der Waals surface area contributed by atoms with Crippen molar-refractivity contribution in [1.82, 2.24) is 14.9 Å². The highest BCUT2D eigenvalue weighted by atomic mass is 32.2. The summed E-state index contributed by atoms with van der Waals surface area (Å²) in [7, 11) is -4.64. The molecule has 0 bridgehead atoms. The van der Waals surface area contributed by atoms with E-state index in [4.69, 9.17) is 15.5 Å². The molecule has 0 spiro atoms. The number of nitrogen functional groups attached to an aromatic ring is 1. The Morgan fingerprint density at radius 1 is 1.46 bits per heavy atom. The molecule has 28 heavy (non-hydrogen) atoms. The van der Waals surface area contributed by atoms with Crippen LogP contribution in [-0.4, -0.2) is 42.8 Å². The second-order valence-electron chi connectivity index (χ2n) is 6.22. The van der Waals surface area contributed by atoms with E-state index in [0.29, 0.717) is 28.4 Å². The van der Waals surface area contributed by atoms with E-state index >= 15 is 0 Å². The van der Waals surface area contributed by atoms with Gasteiger partial charge in [0.15, 0.2) is 5.12 Å². The number of phosphoric acid groups is 1. The van der Waals surface area contributed by atoms with Crippen LogP contribution in [0.2, 0.25) is 0 Å². The number of anilines is 1. The van der Waals surface area contributed by atoms with Crippen molar-refractivity contribution in [2.75, 3.05) is 12.3 Å². The Labute approximate surface area is 167 Å². The lowest BCUT2D eigenvalue weighted by Gasteiger charge is -2.22. The minimum absolute atomic E-state index is 0.0459. The molecule has 1 amide bonds. The molecule has 0 aliphatic heterocycles. The summed E-state index contributed by atoms with van der Waals surface area (Å²) in [5.41, 5.74) is 6.85. The smallest absolute Gasteiger partial charge is 0.383 e. The highest BCUT2D eigenvalue weighted by Crippen LogP contribution is 2.37. The molecular weight excluding hydrogens is 407 g/mol. The maximum absolute atomic E-state index is 12.2. The zero-order chi connectivity index (χ0) is 21.5. The molecule has 0 aliphatic carbocycles. The first-order valence-electron chi connectivity index (χ1n) is 8.36. The van der Waals surface area contributed by atoms with Crippen LogP contribution in [0.3, 0.4) is 0 Å². The monoisotopic (exact) mass is 432 g/mol. The van der Waals surface area contributed by atoms with Gasteiger partial charge in [-0.1, -0.05) is 25.6 Å². The number of nitrogens with zero attached hydrogens (tertiary/aromatic N) is 3. The Hall–Kier alpha value is -1.78. The van der Waals surface area contributed by atoms with Gasteiger partial charge in [-0.2, -0.15) is 0 Å². The Balaban J connectivity index is 3.11. The van der Waals surface area contributed by atoms with Crippen LogP contribution in [-0.2, 0) is 25.2 Å². The molecule has 0 fully saturated rings. The van der Waals surface area contributed by atoms with Crippen LogP contribution in [0, 0.1) is 12.8 Å². The van der Waals surface area contributed by atoms with Crippen molar-refractivity contribution < 1.29 is 28.5 Å². The number of aryl methyl sites for hydroxylation is 1. The first-order valence-corrected chi connectivity index (χ1v) is 10.7. The normalized spacial score (nSPS) is 12.7. The number of rotatable bonds is 10. The Morgan fingerprint density at radius 3 is 2.61 bits per heavy atom. The zero-order valence-electron chi connectivity index (χ0n) is 16.2. The van der Waals surface area contributed by atoms with E-state index < -0.39 is 7.82 Å². The Bertz CT molecular complexity index is 795. The van der Waals surface area contributed by atoms with Crippen LogP contribution in [0.1, 0.15) is 38.6 Å². The highest BCUT2D eigenvalue weighted by molar-refractivity contribution is 8.17. The fourth-order valence-corrected chi connectivity index (χ4v) is 3.27. The lowest BCUT2D eigenvalue weighted by atomic mass is 10.2. The Morgan fingerprint density at radius 2 is 2.11 bits per heavy atom. The van der Waals surface area contributed by atoms with Crippen molar-refractivity contribution in [1.29, 1.82) is 0 Å². The van der Waals surface area contributed by atoms with Crippen molar-refractivity contribution in [3.63, 3.8) is 0 Å². The van der Waals surface area contributed by atoms with Gasteiger partial charge in [-0.05, 0) is 13.8 Å². The maximum atomic E-state index is 12.2. The second kappa shape index (κ2) is 10.7. The van der Waals surface area contributed by atoms with Crippen LogP contribution in [0.4, 0.5) is 5.82 Å². The quantitative estimate of drug-likeness (QED) is 0.369. The van der Waals surface area contributed by atoms with Crippen molar-refractivity contribution in [3.8, 4) is 0 Å². The number of phosphoric ester groups is 1. The number of amides is 1. The molecule has 0 saturated carbocycles. The number of carbonyl (C=O) groups is 2. The summed E-state index contributed by atoms with van der Waals surface area (Å²) >= 11 is 0.917. The van der Waals surface area contributed by atoms with Gasteiger partial charge >= 0.3 is 7.82 Å². The fraction of sp³-hybridized carbons (Fsp3) is 0.500. The zero-order valence-corrected chi connectivity index (χ0v) is 17.9. The Kier molecular flexibility index (Phi) is 9.25. The van der Waals surface area contributed by atoms with Gasteiger partial charge in [0.05, 0.1) is 13.2 Å². The molecule has 1 aromatic heterocycles. The summed E-state index contributed by atoms with van der Waals surface area (Å²) in [4.78, 5) is 51.4. The molecule has 0 unspecified atom stereocenters. The standard InChI is InChI=1S/C16H25N4O6PS/c1-10(2)16(22)28-14(5-6-26-27(23,24)25)11(3)20(9-21)8-13-7-18-12(4)19-15(13)17/h7,9-10H,5-6,8H2,1-4H3,(H2,17,18,19)(H2,23,24,25)/b14-11-. The highest BCUT2D eigenvalue weighted by Gasteiger charge is 2.20. The number of hydrogen-bond donors (Lipinski definition) is 3. The van der Waals surface area contributed by atoms with Crippen LogP contribution in [0.5, 0.6) is 0 Å². The van der Waals surface area contributed by atoms with E-state index in [0.717, 1.165) is 11.8 Å². The van der Waals surface area contributed by atoms with Crippen LogP contribution in [0.25, 0.3) is 0 Å². The third-order valence-electron chi connectivity index (χ3n) is 3.60. The average molecular weight is 432 g/mol. The number of thioether (sulfide) groups is 1. The molecule has 1 heterocycles. The number of allylic oxidation sites excluding steroid dienone is 1. The van der Waals surface area contributed by atoms with Crippen LogP contribution >= 0.6 is 19.6 Å². The topological polar surface area (TPSA) is 156 Å². The van der Waals surface area contributed by atoms with E-state index in [1.54, 1.807) is 27.7 Å². The minimum atomic E-state index is -4.64. The molecule has 0 saturated heterocycles. The van der Waals surface area contributed by atoms with E-state index in [1.807, 2.05) is 0 Å². The average Bonchev–Trinajstić information content (AvgIpc) is 2.58. The predicted octanol–water partition coefficient (Wildman–Crippen LogP) is 1.97. The molecular formula is C16H25N4O6PS.